The zero-order chi connectivity index (χ0) is 16.9. The fraction of sp³-hybridized carbons (Fsp3) is 0.353. The molecule has 0 N–H and O–H groups in total. The highest BCUT2D eigenvalue weighted by Gasteiger charge is 2.11. The molecular weight excluding hydrogens is 324 g/mol. The van der Waals surface area contributed by atoms with E-state index in [1.807, 2.05) is 50.7 Å². The van der Waals surface area contributed by atoms with E-state index in [2.05, 4.69) is 20.0 Å². The minimum atomic E-state index is 0.552. The third-order valence-corrected chi connectivity index (χ3v) is 4.19. The van der Waals surface area contributed by atoms with Gasteiger partial charge in [0.05, 0.1) is 17.1 Å². The van der Waals surface area contributed by atoms with Crippen LogP contribution in [-0.2, 0) is 6.42 Å². The maximum Gasteiger partial charge on any atom is 0.233 e. The summed E-state index contributed by atoms with van der Waals surface area (Å²) in [4.78, 5) is 11.0. The number of rotatable bonds is 7. The predicted octanol–water partition coefficient (Wildman–Crippen LogP) is 3.03. The number of benzene rings is 1. The molecule has 2 aromatic heterocycles. The average Bonchev–Trinajstić information content (AvgIpc) is 3.17. The molecule has 3 rings (SSSR count). The monoisotopic (exact) mass is 344 g/mol. The number of aromatic nitrogens is 3. The van der Waals surface area contributed by atoms with Crippen molar-refractivity contribution in [2.75, 3.05) is 27.2 Å². The highest BCUT2D eigenvalue weighted by molar-refractivity contribution is 7.09. The van der Waals surface area contributed by atoms with E-state index in [1.54, 1.807) is 11.3 Å². The molecule has 126 valence electrons. The van der Waals surface area contributed by atoms with Crippen molar-refractivity contribution >= 4 is 11.3 Å². The summed E-state index contributed by atoms with van der Waals surface area (Å²) < 4.78 is 11.1. The highest BCUT2D eigenvalue weighted by atomic mass is 32.1. The average molecular weight is 344 g/mol. The van der Waals surface area contributed by atoms with Gasteiger partial charge in [0.2, 0.25) is 11.7 Å². The van der Waals surface area contributed by atoms with E-state index >= 15 is 0 Å². The summed E-state index contributed by atoms with van der Waals surface area (Å²) in [7, 11) is 4.04. The maximum absolute atomic E-state index is 5.75. The molecule has 0 atom stereocenters. The lowest BCUT2D eigenvalue weighted by molar-refractivity contribution is 0.261. The molecule has 3 aromatic rings. The van der Waals surface area contributed by atoms with Gasteiger partial charge in [-0.05, 0) is 33.2 Å². The Balaban J connectivity index is 1.68. The molecule has 0 fully saturated rings. The van der Waals surface area contributed by atoms with Gasteiger partial charge in [0, 0.05) is 17.5 Å². The van der Waals surface area contributed by atoms with E-state index in [4.69, 9.17) is 9.26 Å². The Morgan fingerprint density at radius 3 is 2.88 bits per heavy atom. The third-order valence-electron chi connectivity index (χ3n) is 3.37. The molecule has 0 aliphatic heterocycles. The second-order valence-electron chi connectivity index (χ2n) is 5.73. The van der Waals surface area contributed by atoms with E-state index in [9.17, 15) is 0 Å². The zero-order valence-electron chi connectivity index (χ0n) is 14.0. The first-order valence-corrected chi connectivity index (χ1v) is 8.59. The van der Waals surface area contributed by atoms with Crippen LogP contribution in [0, 0.1) is 6.92 Å². The lowest BCUT2D eigenvalue weighted by atomic mass is 10.2. The summed E-state index contributed by atoms with van der Waals surface area (Å²) in [6.45, 7) is 3.48. The van der Waals surface area contributed by atoms with E-state index in [-0.39, 0.29) is 0 Å². The van der Waals surface area contributed by atoms with Gasteiger partial charge in [-0.1, -0.05) is 17.3 Å². The van der Waals surface area contributed by atoms with Crippen LogP contribution in [0.15, 0.2) is 34.2 Å². The molecule has 0 radical (unpaired) electrons. The number of likely N-dealkylation sites (N-methyl/N-ethyl adjacent to an activating group) is 1. The smallest absolute Gasteiger partial charge is 0.233 e. The molecule has 0 unspecified atom stereocenters. The van der Waals surface area contributed by atoms with Crippen molar-refractivity contribution in [3.8, 4) is 17.1 Å². The Kier molecular flexibility index (Phi) is 5.22. The minimum absolute atomic E-state index is 0.552. The molecule has 24 heavy (non-hydrogen) atoms. The van der Waals surface area contributed by atoms with Gasteiger partial charge in [0.1, 0.15) is 12.4 Å². The summed E-state index contributed by atoms with van der Waals surface area (Å²) in [6.07, 6.45) is 0.552. The minimum Gasteiger partial charge on any atom is -0.492 e. The van der Waals surface area contributed by atoms with Crippen LogP contribution in [-0.4, -0.2) is 47.3 Å². The van der Waals surface area contributed by atoms with Gasteiger partial charge in [0.25, 0.3) is 0 Å². The molecular formula is C17H20N4O2S. The van der Waals surface area contributed by atoms with Gasteiger partial charge in [-0.25, -0.2) is 4.98 Å². The van der Waals surface area contributed by atoms with Crippen LogP contribution in [0.4, 0.5) is 0 Å². The topological polar surface area (TPSA) is 64.3 Å². The summed E-state index contributed by atoms with van der Waals surface area (Å²) in [6, 6.07) is 7.73. The van der Waals surface area contributed by atoms with Gasteiger partial charge in [-0.3, -0.25) is 0 Å². The lowest BCUT2D eigenvalue weighted by Gasteiger charge is -2.11. The highest BCUT2D eigenvalue weighted by Crippen LogP contribution is 2.22. The fourth-order valence-corrected chi connectivity index (χ4v) is 2.77. The maximum atomic E-state index is 5.75. The predicted molar refractivity (Wildman–Crippen MR) is 93.4 cm³/mol. The third kappa shape index (κ3) is 4.39. The lowest BCUT2D eigenvalue weighted by Crippen LogP contribution is -2.19. The molecule has 1 aromatic carbocycles. The molecule has 0 spiro atoms. The zero-order valence-corrected chi connectivity index (χ0v) is 14.8. The molecule has 0 amide bonds. The van der Waals surface area contributed by atoms with Gasteiger partial charge < -0.3 is 14.2 Å². The Morgan fingerprint density at radius 2 is 2.12 bits per heavy atom. The Hall–Kier alpha value is -2.25. The van der Waals surface area contributed by atoms with Crippen LogP contribution in [0.1, 0.15) is 16.6 Å². The number of hydrogen-bond donors (Lipinski definition) is 0. The van der Waals surface area contributed by atoms with Crippen molar-refractivity contribution in [3.05, 3.63) is 46.2 Å². The van der Waals surface area contributed by atoms with Crippen molar-refractivity contribution in [1.82, 2.24) is 20.0 Å². The van der Waals surface area contributed by atoms with Crippen LogP contribution in [0.5, 0.6) is 5.75 Å². The van der Waals surface area contributed by atoms with Gasteiger partial charge in [0.15, 0.2) is 0 Å². The van der Waals surface area contributed by atoms with Crippen molar-refractivity contribution in [3.63, 3.8) is 0 Å². The molecule has 0 saturated heterocycles. The fourth-order valence-electron chi connectivity index (χ4n) is 2.16. The molecule has 0 aliphatic rings. The number of nitrogens with zero attached hydrogens (tertiary/aromatic N) is 4. The molecule has 2 heterocycles. The van der Waals surface area contributed by atoms with Gasteiger partial charge in [-0.2, -0.15) is 4.98 Å². The summed E-state index contributed by atoms with van der Waals surface area (Å²) >= 11 is 1.62. The SMILES string of the molecule is Cc1nc(Cc2nc(-c3cccc(OCCN(C)C)c3)no2)cs1. The molecule has 7 heteroatoms. The Morgan fingerprint density at radius 1 is 1.25 bits per heavy atom. The van der Waals surface area contributed by atoms with Crippen molar-refractivity contribution < 1.29 is 9.26 Å². The first-order valence-electron chi connectivity index (χ1n) is 7.72. The van der Waals surface area contributed by atoms with E-state index < -0.39 is 0 Å². The van der Waals surface area contributed by atoms with Crippen molar-refractivity contribution in [2.45, 2.75) is 13.3 Å². The summed E-state index contributed by atoms with van der Waals surface area (Å²) in [5, 5.41) is 7.11. The number of thiazole rings is 1. The molecule has 0 saturated carbocycles. The van der Waals surface area contributed by atoms with Crippen LogP contribution < -0.4 is 4.74 Å². The quantitative estimate of drug-likeness (QED) is 0.656. The first-order chi connectivity index (χ1) is 11.6. The number of ether oxygens (including phenoxy) is 1. The standard InChI is InChI=1S/C17H20N4O2S/c1-12-18-14(11-24-12)10-16-19-17(20-23-16)13-5-4-6-15(9-13)22-8-7-21(2)3/h4-6,9,11H,7-8,10H2,1-3H3. The first kappa shape index (κ1) is 16.6. The van der Waals surface area contributed by atoms with Crippen LogP contribution in [0.25, 0.3) is 11.4 Å². The van der Waals surface area contributed by atoms with E-state index in [0.29, 0.717) is 24.7 Å². The molecule has 6 nitrogen and oxygen atoms in total. The normalized spacial score (nSPS) is 11.2. The second-order valence-corrected chi connectivity index (χ2v) is 6.79. The number of hydrogen-bond acceptors (Lipinski definition) is 7. The van der Waals surface area contributed by atoms with Crippen molar-refractivity contribution in [2.24, 2.45) is 0 Å². The molecule has 0 bridgehead atoms. The molecule has 0 aliphatic carbocycles. The van der Waals surface area contributed by atoms with E-state index in [0.717, 1.165) is 28.6 Å². The van der Waals surface area contributed by atoms with Crippen LogP contribution in [0.3, 0.4) is 0 Å². The Bertz CT molecular complexity index is 797. The Labute approximate surface area is 145 Å². The van der Waals surface area contributed by atoms with Gasteiger partial charge in [-0.15, -0.1) is 11.3 Å². The van der Waals surface area contributed by atoms with Gasteiger partial charge >= 0.3 is 0 Å². The van der Waals surface area contributed by atoms with Crippen molar-refractivity contribution in [1.29, 1.82) is 0 Å². The number of aryl methyl sites for hydroxylation is 1. The summed E-state index contributed by atoms with van der Waals surface area (Å²) in [5.41, 5.74) is 1.83. The largest absolute Gasteiger partial charge is 0.492 e. The van der Waals surface area contributed by atoms with E-state index in [1.165, 1.54) is 0 Å². The second kappa shape index (κ2) is 7.55. The van der Waals surface area contributed by atoms with Crippen LogP contribution in [0.2, 0.25) is 0 Å². The summed E-state index contributed by atoms with van der Waals surface area (Å²) in [5.74, 6) is 1.93. The van der Waals surface area contributed by atoms with Crippen LogP contribution >= 0.6 is 11.3 Å².